The highest BCUT2D eigenvalue weighted by Crippen LogP contribution is 2.55. The number of nitrogens with one attached hydrogen (secondary N) is 1. The maximum Gasteiger partial charge on any atom is 0.411 e. The van der Waals surface area contributed by atoms with Crippen molar-refractivity contribution in [2.45, 2.75) is 77.1 Å². The van der Waals surface area contributed by atoms with Gasteiger partial charge >= 0.3 is 12.1 Å². The number of carbonyl (C=O) groups excluding carboxylic acids is 4. The molecule has 0 aromatic heterocycles. The van der Waals surface area contributed by atoms with Gasteiger partial charge in [-0.3, -0.25) is 14.5 Å². The van der Waals surface area contributed by atoms with Crippen LogP contribution in [0.1, 0.15) is 54.4 Å². The molecule has 1 aliphatic carbocycles. The van der Waals surface area contributed by atoms with Gasteiger partial charge in [-0.1, -0.05) is 81.4 Å². The van der Waals surface area contributed by atoms with Gasteiger partial charge in [0.1, 0.15) is 11.6 Å². The first-order chi connectivity index (χ1) is 21.2. The third-order valence-corrected chi connectivity index (χ3v) is 14.4. The van der Waals surface area contributed by atoms with Crippen molar-refractivity contribution in [3.05, 3.63) is 72.3 Å². The summed E-state index contributed by atoms with van der Waals surface area (Å²) in [5, 5.41) is 4.74. The predicted molar refractivity (Wildman–Crippen MR) is 172 cm³/mol. The Balaban J connectivity index is 1.65. The van der Waals surface area contributed by atoms with Gasteiger partial charge in [-0.25, -0.2) is 9.59 Å². The Bertz CT molecular complexity index is 1460. The molecule has 2 aromatic rings. The summed E-state index contributed by atoms with van der Waals surface area (Å²) in [6.07, 6.45) is 1.13. The first kappa shape index (κ1) is 32.6. The topological polar surface area (TPSA) is 111 Å². The fourth-order valence-electron chi connectivity index (χ4n) is 7.69. The van der Waals surface area contributed by atoms with Gasteiger partial charge in [-0.05, 0) is 55.1 Å². The molecule has 2 amide bonds. The predicted octanol–water partition coefficient (Wildman–Crippen LogP) is 3.75. The van der Waals surface area contributed by atoms with Crippen LogP contribution in [0.5, 0.6) is 0 Å². The van der Waals surface area contributed by atoms with Gasteiger partial charge in [0.05, 0.1) is 25.2 Å². The van der Waals surface area contributed by atoms with E-state index in [4.69, 9.17) is 13.9 Å². The van der Waals surface area contributed by atoms with E-state index in [0.29, 0.717) is 13.0 Å². The zero-order valence-corrected chi connectivity index (χ0v) is 28.2. The number of likely N-dealkylation sites (tertiary alicyclic amines) is 1. The van der Waals surface area contributed by atoms with Crippen molar-refractivity contribution in [1.29, 1.82) is 0 Å². The molecular formula is C35H44N2O7Si. The Hall–Kier alpha value is -3.76. The van der Waals surface area contributed by atoms with Gasteiger partial charge in [0.15, 0.2) is 5.78 Å². The summed E-state index contributed by atoms with van der Waals surface area (Å²) in [4.78, 5) is 56.4. The summed E-state index contributed by atoms with van der Waals surface area (Å²) in [5.41, 5.74) is -2.05. The standard InChI is InChI=1S/C35H44N2O7Si/c1-33(2,3)44-32(41)37-23(21-35-27(18-19-36-31(35)40)26(30(39)42-7)20-28(38)29(35)37)22-43-45(34(4,5)6,24-14-10-8-11-15-24)25-16-12-9-13-17-25/h8-17,20,23,27,29H,18-19,21-22H2,1-7H3,(H,36,40)/t23-,27+,29+,35+/m1/s1. The van der Waals surface area contributed by atoms with Gasteiger partial charge < -0.3 is 19.2 Å². The summed E-state index contributed by atoms with van der Waals surface area (Å²) >= 11 is 0. The van der Waals surface area contributed by atoms with Crippen molar-refractivity contribution < 1.29 is 33.1 Å². The van der Waals surface area contributed by atoms with Crippen LogP contribution in [0.4, 0.5) is 4.79 Å². The van der Waals surface area contributed by atoms with E-state index in [0.717, 1.165) is 10.4 Å². The third kappa shape index (κ3) is 5.52. The molecule has 2 saturated heterocycles. The quantitative estimate of drug-likeness (QED) is 0.382. The normalized spacial score (nSPS) is 25.1. The number of carbonyl (C=O) groups is 4. The van der Waals surface area contributed by atoms with E-state index < -0.39 is 55.2 Å². The fraction of sp³-hybridized carbons (Fsp3) is 0.486. The van der Waals surface area contributed by atoms with E-state index in [9.17, 15) is 19.2 Å². The fourth-order valence-corrected chi connectivity index (χ4v) is 12.3. The van der Waals surface area contributed by atoms with Crippen molar-refractivity contribution in [2.24, 2.45) is 11.3 Å². The number of hydrogen-bond acceptors (Lipinski definition) is 7. The molecule has 2 heterocycles. The molecule has 10 heteroatoms. The van der Waals surface area contributed by atoms with Crippen LogP contribution >= 0.6 is 0 Å². The average Bonchev–Trinajstić information content (AvgIpc) is 3.34. The Morgan fingerprint density at radius 2 is 1.53 bits per heavy atom. The number of amides is 2. The van der Waals surface area contributed by atoms with Crippen LogP contribution < -0.4 is 15.7 Å². The van der Waals surface area contributed by atoms with E-state index >= 15 is 0 Å². The van der Waals surface area contributed by atoms with Gasteiger partial charge in [0, 0.05) is 18.0 Å². The highest BCUT2D eigenvalue weighted by Gasteiger charge is 2.68. The first-order valence-electron chi connectivity index (χ1n) is 15.6. The molecule has 0 unspecified atom stereocenters. The van der Waals surface area contributed by atoms with Crippen molar-refractivity contribution in [2.75, 3.05) is 20.3 Å². The van der Waals surface area contributed by atoms with Crippen molar-refractivity contribution in [3.63, 3.8) is 0 Å². The number of esters is 1. The number of rotatable bonds is 6. The molecule has 0 saturated carbocycles. The van der Waals surface area contributed by atoms with Gasteiger partial charge in [-0.2, -0.15) is 0 Å². The van der Waals surface area contributed by atoms with Crippen LogP contribution in [0, 0.1) is 11.3 Å². The number of methoxy groups -OCH3 is 1. The molecule has 9 nitrogen and oxygen atoms in total. The average molecular weight is 633 g/mol. The van der Waals surface area contributed by atoms with Crippen LogP contribution in [0.25, 0.3) is 0 Å². The summed E-state index contributed by atoms with van der Waals surface area (Å²) in [6.45, 7) is 12.2. The molecule has 1 N–H and O–H groups in total. The second kappa shape index (κ2) is 11.9. The van der Waals surface area contributed by atoms with E-state index in [-0.39, 0.29) is 29.5 Å². The Kier molecular flexibility index (Phi) is 8.61. The number of benzene rings is 2. The molecule has 45 heavy (non-hydrogen) atoms. The number of hydrogen-bond donors (Lipinski definition) is 1. The molecule has 0 radical (unpaired) electrons. The molecule has 2 fully saturated rings. The largest absolute Gasteiger partial charge is 0.466 e. The van der Waals surface area contributed by atoms with E-state index in [1.807, 2.05) is 36.4 Å². The molecule has 1 spiro atoms. The van der Waals surface area contributed by atoms with Crippen LogP contribution in [0.15, 0.2) is 72.3 Å². The number of ether oxygens (including phenoxy) is 2. The Morgan fingerprint density at radius 1 is 0.956 bits per heavy atom. The summed E-state index contributed by atoms with van der Waals surface area (Å²) in [7, 11) is -1.78. The molecule has 2 aromatic carbocycles. The maximum absolute atomic E-state index is 14.0. The smallest absolute Gasteiger partial charge is 0.411 e. The number of nitrogens with zero attached hydrogens (tertiary/aromatic N) is 1. The van der Waals surface area contributed by atoms with Crippen molar-refractivity contribution in [3.8, 4) is 0 Å². The molecule has 2 aliphatic heterocycles. The van der Waals surface area contributed by atoms with Gasteiger partial charge in [0.2, 0.25) is 5.91 Å². The zero-order chi connectivity index (χ0) is 32.8. The van der Waals surface area contributed by atoms with Crippen LogP contribution in [0.3, 0.4) is 0 Å². The van der Waals surface area contributed by atoms with E-state index in [2.05, 4.69) is 50.4 Å². The maximum atomic E-state index is 14.0. The molecule has 3 aliphatic rings. The molecule has 5 rings (SSSR count). The molecule has 0 bridgehead atoms. The molecular weight excluding hydrogens is 588 g/mol. The SMILES string of the molecule is COC(=O)C1=CC(=O)[C@@H]2N(C(=O)OC(C)(C)C)[C@@H](CO[Si](c3ccccc3)(c3ccccc3)C(C)(C)C)C[C@@]23C(=O)NCC[C@@H]13. The minimum Gasteiger partial charge on any atom is -0.466 e. The minimum absolute atomic E-state index is 0.0611. The third-order valence-electron chi connectivity index (χ3n) is 9.37. The van der Waals surface area contributed by atoms with E-state index in [1.165, 1.54) is 18.1 Å². The lowest BCUT2D eigenvalue weighted by atomic mass is 9.59. The second-order valence-corrected chi connectivity index (χ2v) is 18.6. The molecule has 240 valence electrons. The van der Waals surface area contributed by atoms with Crippen molar-refractivity contribution >= 4 is 42.4 Å². The Morgan fingerprint density at radius 3 is 2.04 bits per heavy atom. The molecule has 4 atom stereocenters. The summed E-state index contributed by atoms with van der Waals surface area (Å²) in [5.74, 6) is -2.10. The van der Waals surface area contributed by atoms with Crippen LogP contribution in [-0.4, -0.2) is 74.9 Å². The van der Waals surface area contributed by atoms with Crippen LogP contribution in [-0.2, 0) is 28.3 Å². The summed E-state index contributed by atoms with van der Waals surface area (Å²) < 4.78 is 18.2. The lowest BCUT2D eigenvalue weighted by Gasteiger charge is -2.46. The van der Waals surface area contributed by atoms with Crippen LogP contribution in [0.2, 0.25) is 5.04 Å². The van der Waals surface area contributed by atoms with Gasteiger partial charge in [0.25, 0.3) is 8.32 Å². The van der Waals surface area contributed by atoms with E-state index in [1.54, 1.807) is 20.8 Å². The number of ketones is 1. The monoisotopic (exact) mass is 632 g/mol. The zero-order valence-electron chi connectivity index (χ0n) is 27.2. The second-order valence-electron chi connectivity index (χ2n) is 14.3. The highest BCUT2D eigenvalue weighted by molar-refractivity contribution is 6.99. The Labute approximate surface area is 266 Å². The summed E-state index contributed by atoms with van der Waals surface area (Å²) in [6, 6.07) is 18.5. The highest BCUT2D eigenvalue weighted by atomic mass is 28.4. The lowest BCUT2D eigenvalue weighted by Crippen LogP contribution is -2.67. The number of piperidine rings is 1. The lowest BCUT2D eigenvalue weighted by molar-refractivity contribution is -0.147. The van der Waals surface area contributed by atoms with Crippen molar-refractivity contribution in [1.82, 2.24) is 10.2 Å². The minimum atomic E-state index is -3.05. The first-order valence-corrected chi connectivity index (χ1v) is 17.5. The van der Waals surface area contributed by atoms with Gasteiger partial charge in [-0.15, -0.1) is 0 Å².